The highest BCUT2D eigenvalue weighted by Gasteiger charge is 2.38. The minimum Gasteiger partial charge on any atom is -0.337 e. The maximum Gasteiger partial charge on any atom is 0.256 e. The number of nitrogens with one attached hydrogen (secondary N) is 2. The molecule has 1 aliphatic heterocycles. The molecule has 2 amide bonds. The van der Waals surface area contributed by atoms with E-state index in [1.54, 1.807) is 13.0 Å². The summed E-state index contributed by atoms with van der Waals surface area (Å²) in [6, 6.07) is 2.43. The van der Waals surface area contributed by atoms with Gasteiger partial charge in [0.15, 0.2) is 17.5 Å². The molecule has 1 saturated heterocycles. The van der Waals surface area contributed by atoms with E-state index in [1.165, 1.54) is 11.1 Å². The van der Waals surface area contributed by atoms with Crippen molar-refractivity contribution in [3.63, 3.8) is 0 Å². The van der Waals surface area contributed by atoms with Gasteiger partial charge in [-0.2, -0.15) is 0 Å². The molecule has 0 unspecified atom stereocenters. The van der Waals surface area contributed by atoms with E-state index >= 15 is 0 Å². The highest BCUT2D eigenvalue weighted by molar-refractivity contribution is 6.01. The van der Waals surface area contributed by atoms with E-state index in [-0.39, 0.29) is 30.4 Å². The molecule has 0 bridgehead atoms. The van der Waals surface area contributed by atoms with E-state index in [0.29, 0.717) is 24.2 Å². The minimum atomic E-state index is -1.69. The number of pyridine rings is 1. The van der Waals surface area contributed by atoms with Crippen molar-refractivity contribution in [2.45, 2.75) is 26.7 Å². The Morgan fingerprint density at radius 1 is 1.16 bits per heavy atom. The van der Waals surface area contributed by atoms with Crippen LogP contribution in [0.5, 0.6) is 0 Å². The fourth-order valence-electron chi connectivity index (χ4n) is 3.43. The van der Waals surface area contributed by atoms with Gasteiger partial charge in [-0.05, 0) is 49.8 Å². The second-order valence-corrected chi connectivity index (χ2v) is 8.34. The zero-order chi connectivity index (χ0) is 23.0. The first-order chi connectivity index (χ1) is 15.2. The summed E-state index contributed by atoms with van der Waals surface area (Å²) in [6.07, 6.45) is 3.69. The number of benzene rings is 1. The Morgan fingerprint density at radius 3 is 2.53 bits per heavy atom. The molecule has 2 heterocycles. The lowest BCUT2D eigenvalue weighted by atomic mass is 9.97. The number of aryl methyl sites for hydroxylation is 2. The molecule has 10 heteroatoms. The van der Waals surface area contributed by atoms with Gasteiger partial charge in [-0.25, -0.2) is 23.6 Å². The van der Waals surface area contributed by atoms with Crippen LogP contribution in [-0.4, -0.2) is 41.4 Å². The quantitative estimate of drug-likeness (QED) is 0.501. The molecular weight excluding hydrogens is 425 g/mol. The van der Waals surface area contributed by atoms with Crippen molar-refractivity contribution in [2.24, 2.45) is 11.8 Å². The van der Waals surface area contributed by atoms with Gasteiger partial charge in [0.25, 0.3) is 5.91 Å². The van der Waals surface area contributed by atoms with Crippen LogP contribution in [0.15, 0.2) is 18.3 Å². The number of aromatic nitrogens is 1. The number of carbonyl (C=O) groups is 2. The van der Waals surface area contributed by atoms with Crippen LogP contribution in [-0.2, 0) is 9.63 Å². The number of amides is 2. The average Bonchev–Trinajstić information content (AvgIpc) is 3.53. The van der Waals surface area contributed by atoms with Gasteiger partial charge >= 0.3 is 0 Å². The summed E-state index contributed by atoms with van der Waals surface area (Å²) in [5.74, 6) is -5.57. The summed E-state index contributed by atoms with van der Waals surface area (Å²) in [6.45, 7) is 4.10. The Hall–Kier alpha value is -3.14. The lowest BCUT2D eigenvalue weighted by molar-refractivity contribution is -0.142. The topological polar surface area (TPSA) is 83.6 Å². The smallest absolute Gasteiger partial charge is 0.256 e. The molecule has 2 aromatic rings. The van der Waals surface area contributed by atoms with E-state index < -0.39 is 35.0 Å². The maximum absolute atomic E-state index is 14.6. The number of hydrogen-bond donors (Lipinski definition) is 2. The van der Waals surface area contributed by atoms with E-state index in [1.807, 2.05) is 6.92 Å². The molecule has 1 aliphatic carbocycles. The molecule has 7 nitrogen and oxygen atoms in total. The number of likely N-dealkylation sites (tertiary alicyclic amines) is 1. The first-order valence-corrected chi connectivity index (χ1v) is 10.3. The molecule has 2 fully saturated rings. The van der Waals surface area contributed by atoms with Crippen LogP contribution in [0, 0.1) is 43.1 Å². The summed E-state index contributed by atoms with van der Waals surface area (Å²) in [4.78, 5) is 35.6. The van der Waals surface area contributed by atoms with Gasteiger partial charge in [0.1, 0.15) is 5.82 Å². The number of anilines is 2. The van der Waals surface area contributed by atoms with E-state index in [9.17, 15) is 22.8 Å². The fourth-order valence-corrected chi connectivity index (χ4v) is 3.43. The van der Waals surface area contributed by atoms with Crippen molar-refractivity contribution in [2.75, 3.05) is 25.0 Å². The Balaban J connectivity index is 1.48. The predicted molar refractivity (Wildman–Crippen MR) is 110 cm³/mol. The third-order valence-electron chi connectivity index (χ3n) is 5.58. The van der Waals surface area contributed by atoms with E-state index in [2.05, 4.69) is 15.8 Å². The lowest BCUT2D eigenvalue weighted by Crippen LogP contribution is -2.55. The Bertz CT molecular complexity index is 1070. The van der Waals surface area contributed by atoms with Crippen molar-refractivity contribution < 1.29 is 27.6 Å². The van der Waals surface area contributed by atoms with Gasteiger partial charge in [0.2, 0.25) is 5.91 Å². The summed E-state index contributed by atoms with van der Waals surface area (Å²) in [5, 5.41) is 2.63. The molecule has 1 aromatic heterocycles. The molecule has 0 atom stereocenters. The number of nitrogens with zero attached hydrogens (tertiary/aromatic N) is 2. The molecule has 170 valence electrons. The molecule has 0 spiro atoms. The molecule has 1 saturated carbocycles. The molecule has 1 aromatic carbocycles. The van der Waals surface area contributed by atoms with Gasteiger partial charge in [0, 0.05) is 19.3 Å². The minimum absolute atomic E-state index is 0.0549. The number of hydrogen-bond acceptors (Lipinski definition) is 5. The highest BCUT2D eigenvalue weighted by Crippen LogP contribution is 2.32. The van der Waals surface area contributed by atoms with Crippen LogP contribution >= 0.6 is 0 Å². The van der Waals surface area contributed by atoms with Crippen LogP contribution in [0.3, 0.4) is 0 Å². The standard InChI is InChI=1S/C22H23F3N4O3/c1-11-5-12(2)20(26-7-11)27-19-15(6-16(23)17(24)18(19)25)22(31)29-8-14(9-29)21(30)28-32-10-13-3-4-13/h5-7,13-14H,3-4,8-10H2,1-2H3,(H,26,27)(H,28,30). The number of hydroxylamine groups is 1. The average molecular weight is 448 g/mol. The summed E-state index contributed by atoms with van der Waals surface area (Å²) < 4.78 is 42.5. The third-order valence-corrected chi connectivity index (χ3v) is 5.58. The Morgan fingerprint density at radius 2 is 1.88 bits per heavy atom. The molecule has 32 heavy (non-hydrogen) atoms. The lowest BCUT2D eigenvalue weighted by Gasteiger charge is -2.38. The Kier molecular flexibility index (Phi) is 6.05. The van der Waals surface area contributed by atoms with Gasteiger partial charge in [-0.1, -0.05) is 6.07 Å². The monoisotopic (exact) mass is 448 g/mol. The normalized spacial score (nSPS) is 16.0. The summed E-state index contributed by atoms with van der Waals surface area (Å²) in [7, 11) is 0. The van der Waals surface area contributed by atoms with Crippen LogP contribution in [0.4, 0.5) is 24.7 Å². The third kappa shape index (κ3) is 4.55. The zero-order valence-corrected chi connectivity index (χ0v) is 17.7. The molecule has 0 radical (unpaired) electrons. The van der Waals surface area contributed by atoms with Crippen LogP contribution in [0.25, 0.3) is 0 Å². The first-order valence-electron chi connectivity index (χ1n) is 10.3. The first kappa shape index (κ1) is 22.1. The van der Waals surface area contributed by atoms with Crippen molar-refractivity contribution in [1.82, 2.24) is 15.4 Å². The molecule has 2 N–H and O–H groups in total. The van der Waals surface area contributed by atoms with Crippen molar-refractivity contribution in [1.29, 1.82) is 0 Å². The predicted octanol–water partition coefficient (Wildman–Crippen LogP) is 3.39. The van der Waals surface area contributed by atoms with Gasteiger partial charge < -0.3 is 10.2 Å². The molecular formula is C22H23F3N4O3. The second kappa shape index (κ2) is 8.78. The van der Waals surface area contributed by atoms with Gasteiger partial charge in [0.05, 0.1) is 23.8 Å². The number of carbonyl (C=O) groups excluding carboxylic acids is 2. The van der Waals surface area contributed by atoms with Gasteiger partial charge in [-0.15, -0.1) is 0 Å². The fraction of sp³-hybridized carbons (Fsp3) is 0.409. The zero-order valence-electron chi connectivity index (χ0n) is 17.7. The summed E-state index contributed by atoms with van der Waals surface area (Å²) in [5.41, 5.74) is 2.98. The molecule has 2 aliphatic rings. The van der Waals surface area contributed by atoms with E-state index in [4.69, 9.17) is 4.84 Å². The van der Waals surface area contributed by atoms with Crippen molar-refractivity contribution >= 4 is 23.3 Å². The van der Waals surface area contributed by atoms with Gasteiger partial charge in [-0.3, -0.25) is 14.4 Å². The van der Waals surface area contributed by atoms with Crippen molar-refractivity contribution in [3.8, 4) is 0 Å². The van der Waals surface area contributed by atoms with Crippen LogP contribution in [0.1, 0.15) is 34.3 Å². The maximum atomic E-state index is 14.6. The van der Waals surface area contributed by atoms with E-state index in [0.717, 1.165) is 18.4 Å². The van der Waals surface area contributed by atoms with Crippen molar-refractivity contribution in [3.05, 3.63) is 52.5 Å². The SMILES string of the molecule is Cc1cnc(Nc2c(C(=O)N3CC(C(=O)NOCC4CC4)C3)cc(F)c(F)c2F)c(C)c1. The number of rotatable bonds is 7. The van der Waals surface area contributed by atoms with Crippen LogP contribution < -0.4 is 10.8 Å². The Labute approximate surface area is 182 Å². The number of halogens is 3. The van der Waals surface area contributed by atoms with Crippen LogP contribution in [0.2, 0.25) is 0 Å². The largest absolute Gasteiger partial charge is 0.337 e. The highest BCUT2D eigenvalue weighted by atomic mass is 19.2. The summed E-state index contributed by atoms with van der Waals surface area (Å²) >= 11 is 0. The second-order valence-electron chi connectivity index (χ2n) is 8.34. The molecule has 4 rings (SSSR count).